The molecule has 0 radical (unpaired) electrons. The van der Waals surface area contributed by atoms with Crippen LogP contribution in [0.5, 0.6) is 5.75 Å². The second kappa shape index (κ2) is 8.77. The van der Waals surface area contributed by atoms with Crippen molar-refractivity contribution >= 4 is 49.9 Å². The third-order valence-electron chi connectivity index (χ3n) is 3.14. The maximum Gasteiger partial charge on any atom is 0.259 e. The van der Waals surface area contributed by atoms with E-state index in [0.29, 0.717) is 15.6 Å². The molecule has 0 saturated heterocycles. The highest BCUT2D eigenvalue weighted by molar-refractivity contribution is 9.11. The van der Waals surface area contributed by atoms with E-state index in [1.165, 1.54) is 6.21 Å². The highest BCUT2D eigenvalue weighted by Gasteiger charge is 2.08. The van der Waals surface area contributed by atoms with Crippen LogP contribution in [0, 0.1) is 6.92 Å². The Morgan fingerprint density at radius 3 is 2.72 bits per heavy atom. The number of nitrogens with zero attached hydrogens (tertiary/aromatic N) is 1. The van der Waals surface area contributed by atoms with Gasteiger partial charge in [0.15, 0.2) is 0 Å². The molecule has 0 spiro atoms. The van der Waals surface area contributed by atoms with E-state index in [2.05, 4.69) is 47.7 Å². The number of phenols is 1. The summed E-state index contributed by atoms with van der Waals surface area (Å²) < 4.78 is 1.25. The number of phenolic OH excluding ortho intramolecular Hbond substituents is 1. The fourth-order valence-electron chi connectivity index (χ4n) is 1.95. The lowest BCUT2D eigenvalue weighted by Crippen LogP contribution is -2.34. The van der Waals surface area contributed by atoms with Crippen molar-refractivity contribution in [1.29, 1.82) is 0 Å². The summed E-state index contributed by atoms with van der Waals surface area (Å²) in [5.74, 6) is -0.809. The van der Waals surface area contributed by atoms with Gasteiger partial charge in [0.25, 0.3) is 11.8 Å². The van der Waals surface area contributed by atoms with Gasteiger partial charge >= 0.3 is 0 Å². The molecule has 0 fully saturated rings. The molecule has 0 heterocycles. The minimum atomic E-state index is -0.481. The first-order valence-electron chi connectivity index (χ1n) is 7.21. The molecule has 2 rings (SSSR count). The topological polar surface area (TPSA) is 90.8 Å². The summed E-state index contributed by atoms with van der Waals surface area (Å²) in [6, 6.07) is 10.4. The Balaban J connectivity index is 1.88. The molecule has 6 nitrogen and oxygen atoms in total. The van der Waals surface area contributed by atoms with Crippen LogP contribution in [0.15, 0.2) is 50.4 Å². The van der Waals surface area contributed by atoms with Crippen LogP contribution in [-0.4, -0.2) is 29.7 Å². The van der Waals surface area contributed by atoms with Crippen molar-refractivity contribution in [2.75, 3.05) is 6.54 Å². The largest absolute Gasteiger partial charge is 0.506 e. The van der Waals surface area contributed by atoms with Gasteiger partial charge in [0.1, 0.15) is 5.75 Å². The van der Waals surface area contributed by atoms with Gasteiger partial charge in [-0.15, -0.1) is 0 Å². The number of amides is 2. The Labute approximate surface area is 161 Å². The summed E-state index contributed by atoms with van der Waals surface area (Å²) in [5, 5.41) is 16.2. The number of halogens is 2. The summed E-state index contributed by atoms with van der Waals surface area (Å²) in [6.07, 6.45) is 1.31. The number of carbonyl (C=O) groups excluding carboxylic acids is 2. The molecular formula is C17H15Br2N3O3. The fourth-order valence-corrected chi connectivity index (χ4v) is 3.20. The first-order valence-corrected chi connectivity index (χ1v) is 8.80. The zero-order valence-corrected chi connectivity index (χ0v) is 16.4. The molecule has 0 aromatic heterocycles. The van der Waals surface area contributed by atoms with Crippen LogP contribution in [0.2, 0.25) is 0 Å². The van der Waals surface area contributed by atoms with Crippen molar-refractivity contribution in [1.82, 2.24) is 10.7 Å². The second-order valence-electron chi connectivity index (χ2n) is 5.17. The van der Waals surface area contributed by atoms with E-state index in [-0.39, 0.29) is 18.2 Å². The summed E-state index contributed by atoms with van der Waals surface area (Å²) in [7, 11) is 0. The van der Waals surface area contributed by atoms with E-state index >= 15 is 0 Å². The van der Waals surface area contributed by atoms with E-state index in [1.807, 2.05) is 13.0 Å². The molecule has 0 aliphatic carbocycles. The second-order valence-corrected chi connectivity index (χ2v) is 6.94. The van der Waals surface area contributed by atoms with Crippen LogP contribution in [0.4, 0.5) is 0 Å². The van der Waals surface area contributed by atoms with Gasteiger partial charge in [0, 0.05) is 15.6 Å². The lowest BCUT2D eigenvalue weighted by molar-refractivity contribution is -0.120. The van der Waals surface area contributed by atoms with Gasteiger partial charge in [-0.05, 0) is 47.1 Å². The van der Waals surface area contributed by atoms with Gasteiger partial charge in [0.2, 0.25) is 0 Å². The number of hydrazone groups is 1. The molecule has 0 bridgehead atoms. The third kappa shape index (κ3) is 5.68. The van der Waals surface area contributed by atoms with E-state index < -0.39 is 5.91 Å². The molecule has 0 atom stereocenters. The summed E-state index contributed by atoms with van der Waals surface area (Å²) in [4.78, 5) is 23.7. The standard InChI is InChI=1S/C17H15Br2N3O3/c1-10-3-2-4-11(5-10)17(25)20-9-15(23)22-21-8-12-6-13(18)7-14(19)16(12)24/h2-8,24H,9H2,1H3,(H,20,25)(H,22,23). The Bertz CT molecular complexity index is 838. The molecule has 0 saturated carbocycles. The van der Waals surface area contributed by atoms with E-state index in [0.717, 1.165) is 10.0 Å². The Hall–Kier alpha value is -2.19. The van der Waals surface area contributed by atoms with Crippen molar-refractivity contribution < 1.29 is 14.7 Å². The van der Waals surface area contributed by atoms with Crippen molar-refractivity contribution in [3.05, 3.63) is 62.0 Å². The molecule has 2 aromatic rings. The molecule has 130 valence electrons. The Morgan fingerprint density at radius 2 is 2.00 bits per heavy atom. The lowest BCUT2D eigenvalue weighted by atomic mass is 10.1. The smallest absolute Gasteiger partial charge is 0.259 e. The summed E-state index contributed by atoms with van der Waals surface area (Å²) in [5.41, 5.74) is 4.16. The normalized spacial score (nSPS) is 10.7. The number of rotatable bonds is 5. The number of benzene rings is 2. The number of carbonyl (C=O) groups is 2. The number of aromatic hydroxyl groups is 1. The van der Waals surface area contributed by atoms with Crippen LogP contribution in [0.1, 0.15) is 21.5 Å². The molecule has 0 unspecified atom stereocenters. The van der Waals surface area contributed by atoms with Gasteiger partial charge in [-0.2, -0.15) is 5.10 Å². The van der Waals surface area contributed by atoms with Gasteiger partial charge in [-0.3, -0.25) is 9.59 Å². The van der Waals surface area contributed by atoms with Gasteiger partial charge in [-0.25, -0.2) is 5.43 Å². The average Bonchev–Trinajstić information content (AvgIpc) is 2.57. The predicted octanol–water partition coefficient (Wildman–Crippen LogP) is 3.11. The molecule has 0 aliphatic heterocycles. The molecule has 3 N–H and O–H groups in total. The van der Waals surface area contributed by atoms with E-state index in [1.54, 1.807) is 30.3 Å². The van der Waals surface area contributed by atoms with E-state index in [9.17, 15) is 14.7 Å². The average molecular weight is 469 g/mol. The van der Waals surface area contributed by atoms with Gasteiger partial charge in [0.05, 0.1) is 17.2 Å². The maximum atomic E-state index is 11.9. The van der Waals surface area contributed by atoms with Crippen LogP contribution >= 0.6 is 31.9 Å². The predicted molar refractivity (Wildman–Crippen MR) is 103 cm³/mol. The molecule has 25 heavy (non-hydrogen) atoms. The maximum absolute atomic E-state index is 11.9. The minimum Gasteiger partial charge on any atom is -0.506 e. The lowest BCUT2D eigenvalue weighted by Gasteiger charge is -2.05. The quantitative estimate of drug-likeness (QED) is 0.465. The Kier molecular flexibility index (Phi) is 6.72. The number of nitrogens with one attached hydrogen (secondary N) is 2. The van der Waals surface area contributed by atoms with Crippen molar-refractivity contribution in [3.63, 3.8) is 0 Å². The monoisotopic (exact) mass is 467 g/mol. The highest BCUT2D eigenvalue weighted by atomic mass is 79.9. The number of hydrogen-bond acceptors (Lipinski definition) is 4. The molecule has 2 aromatic carbocycles. The van der Waals surface area contributed by atoms with Crippen LogP contribution in [0.3, 0.4) is 0 Å². The fraction of sp³-hybridized carbons (Fsp3) is 0.118. The zero-order chi connectivity index (χ0) is 18.4. The van der Waals surface area contributed by atoms with Crippen LogP contribution < -0.4 is 10.7 Å². The van der Waals surface area contributed by atoms with Crippen LogP contribution in [0.25, 0.3) is 0 Å². The highest BCUT2D eigenvalue weighted by Crippen LogP contribution is 2.30. The number of hydrogen-bond donors (Lipinski definition) is 3. The minimum absolute atomic E-state index is 0.00829. The molecule has 0 aliphatic rings. The first-order chi connectivity index (χ1) is 11.9. The van der Waals surface area contributed by atoms with Gasteiger partial charge in [-0.1, -0.05) is 33.6 Å². The van der Waals surface area contributed by atoms with Crippen LogP contribution in [-0.2, 0) is 4.79 Å². The summed E-state index contributed by atoms with van der Waals surface area (Å²) >= 11 is 6.51. The first kappa shape index (κ1) is 19.1. The Morgan fingerprint density at radius 1 is 1.24 bits per heavy atom. The zero-order valence-electron chi connectivity index (χ0n) is 13.2. The van der Waals surface area contributed by atoms with Crippen molar-refractivity contribution in [2.24, 2.45) is 5.10 Å². The number of aryl methyl sites for hydroxylation is 1. The van der Waals surface area contributed by atoms with Crippen molar-refractivity contribution in [3.8, 4) is 5.75 Å². The SMILES string of the molecule is Cc1cccc(C(=O)NCC(=O)NN=Cc2cc(Br)cc(Br)c2O)c1. The molecular weight excluding hydrogens is 454 g/mol. The molecule has 8 heteroatoms. The molecule has 2 amide bonds. The van der Waals surface area contributed by atoms with Gasteiger partial charge < -0.3 is 10.4 Å². The third-order valence-corrected chi connectivity index (χ3v) is 4.20. The van der Waals surface area contributed by atoms with E-state index in [4.69, 9.17) is 0 Å². The van der Waals surface area contributed by atoms with Crippen molar-refractivity contribution in [2.45, 2.75) is 6.92 Å². The summed E-state index contributed by atoms with van der Waals surface area (Å²) in [6.45, 7) is 1.67.